The highest BCUT2D eigenvalue weighted by molar-refractivity contribution is 5.93. The van der Waals surface area contributed by atoms with Crippen molar-refractivity contribution in [3.63, 3.8) is 0 Å². The molecule has 0 saturated heterocycles. The molecule has 1 heterocycles. The Bertz CT molecular complexity index is 639. The van der Waals surface area contributed by atoms with Gasteiger partial charge in [0.25, 0.3) is 5.91 Å². The van der Waals surface area contributed by atoms with Gasteiger partial charge in [-0.3, -0.25) is 9.59 Å². The first-order valence-corrected chi connectivity index (χ1v) is 8.44. The number of aromatic nitrogens is 2. The van der Waals surface area contributed by atoms with E-state index >= 15 is 0 Å². The fourth-order valence-electron chi connectivity index (χ4n) is 2.09. The van der Waals surface area contributed by atoms with Crippen LogP contribution in [0.25, 0.3) is 0 Å². The van der Waals surface area contributed by atoms with E-state index in [1.165, 1.54) is 12.4 Å². The molecule has 0 aromatic carbocycles. The monoisotopic (exact) mass is 381 g/mol. The number of nitrogens with zero attached hydrogens (tertiary/aromatic N) is 2. The van der Waals surface area contributed by atoms with Crippen LogP contribution in [0.1, 0.15) is 42.5 Å². The molecule has 11 nitrogen and oxygen atoms in total. The molecule has 0 aliphatic rings. The van der Waals surface area contributed by atoms with Crippen molar-refractivity contribution < 1.29 is 29.4 Å². The summed E-state index contributed by atoms with van der Waals surface area (Å²) in [6.45, 7) is 0.808. The van der Waals surface area contributed by atoms with Gasteiger partial charge in [-0.2, -0.15) is 10.2 Å². The average molecular weight is 381 g/mol. The number of rotatable bonds is 12. The highest BCUT2D eigenvalue weighted by atomic mass is 16.4. The van der Waals surface area contributed by atoms with Crippen molar-refractivity contribution in [2.24, 2.45) is 0 Å². The van der Waals surface area contributed by atoms with Gasteiger partial charge in [-0.05, 0) is 31.7 Å². The molecule has 0 radical (unpaired) electrons. The second kappa shape index (κ2) is 12.2. The predicted molar refractivity (Wildman–Crippen MR) is 93.0 cm³/mol. The number of nitrogens with one attached hydrogen (secondary N) is 3. The van der Waals surface area contributed by atoms with E-state index in [2.05, 4.69) is 26.1 Å². The summed E-state index contributed by atoms with van der Waals surface area (Å²) in [5, 5.41) is 32.2. The van der Waals surface area contributed by atoms with Gasteiger partial charge in [0.1, 0.15) is 6.04 Å². The lowest BCUT2D eigenvalue weighted by atomic mass is 10.1. The fourth-order valence-corrected chi connectivity index (χ4v) is 2.09. The van der Waals surface area contributed by atoms with Crippen molar-refractivity contribution in [2.45, 2.75) is 38.1 Å². The van der Waals surface area contributed by atoms with Gasteiger partial charge in [-0.15, -0.1) is 0 Å². The van der Waals surface area contributed by atoms with Crippen LogP contribution in [0.3, 0.4) is 0 Å². The summed E-state index contributed by atoms with van der Waals surface area (Å²) in [5.74, 6) is -2.65. The van der Waals surface area contributed by atoms with Crippen molar-refractivity contribution in [1.29, 1.82) is 0 Å². The number of unbranched alkanes of at least 4 members (excludes halogenated alkanes) is 2. The van der Waals surface area contributed by atoms with Crippen LogP contribution in [-0.4, -0.2) is 63.4 Å². The molecule has 0 aliphatic carbocycles. The Balaban J connectivity index is 2.11. The minimum atomic E-state index is -1.29. The third-order valence-corrected chi connectivity index (χ3v) is 3.52. The third-order valence-electron chi connectivity index (χ3n) is 3.52. The number of urea groups is 1. The molecule has 148 valence electrons. The van der Waals surface area contributed by atoms with E-state index in [1.54, 1.807) is 6.07 Å². The van der Waals surface area contributed by atoms with Crippen LogP contribution in [0.4, 0.5) is 4.79 Å². The molecule has 1 rings (SSSR count). The Kier molecular flexibility index (Phi) is 9.83. The van der Waals surface area contributed by atoms with Crippen molar-refractivity contribution in [1.82, 2.24) is 26.1 Å². The largest absolute Gasteiger partial charge is 0.481 e. The van der Waals surface area contributed by atoms with Crippen molar-refractivity contribution in [2.75, 3.05) is 13.1 Å². The number of carbonyl (C=O) groups is 4. The van der Waals surface area contributed by atoms with Crippen molar-refractivity contribution >= 4 is 23.9 Å². The van der Waals surface area contributed by atoms with Gasteiger partial charge in [0.2, 0.25) is 0 Å². The highest BCUT2D eigenvalue weighted by Crippen LogP contribution is 1.99. The van der Waals surface area contributed by atoms with Gasteiger partial charge in [-0.1, -0.05) is 0 Å². The summed E-state index contributed by atoms with van der Waals surface area (Å²) < 4.78 is 0. The van der Waals surface area contributed by atoms with Gasteiger partial charge in [0.05, 0.1) is 18.0 Å². The Morgan fingerprint density at radius 2 is 1.70 bits per heavy atom. The topological polar surface area (TPSA) is 171 Å². The summed E-state index contributed by atoms with van der Waals surface area (Å²) in [6, 6.07) is -0.351. The Hall–Kier alpha value is -3.24. The lowest BCUT2D eigenvalue weighted by molar-refractivity contribution is -0.140. The molecule has 0 aliphatic heterocycles. The second-order valence-electron chi connectivity index (χ2n) is 5.67. The lowest BCUT2D eigenvalue weighted by Gasteiger charge is -2.14. The zero-order chi connectivity index (χ0) is 20.1. The number of carboxylic acid groups (broad SMARTS) is 2. The van der Waals surface area contributed by atoms with Crippen LogP contribution >= 0.6 is 0 Å². The van der Waals surface area contributed by atoms with Gasteiger partial charge >= 0.3 is 18.0 Å². The average Bonchev–Trinajstić information content (AvgIpc) is 2.64. The number of hydrogen-bond acceptors (Lipinski definition) is 6. The summed E-state index contributed by atoms with van der Waals surface area (Å²) in [5.41, 5.74) is 0.430. The molecular formula is C16H23N5O6. The molecular weight excluding hydrogens is 358 g/mol. The molecule has 0 spiro atoms. The molecule has 1 aromatic heterocycles. The molecule has 1 aromatic rings. The number of hydrogen-bond donors (Lipinski definition) is 5. The highest BCUT2D eigenvalue weighted by Gasteiger charge is 2.20. The van der Waals surface area contributed by atoms with Gasteiger partial charge < -0.3 is 26.2 Å². The summed E-state index contributed by atoms with van der Waals surface area (Å²) >= 11 is 0. The lowest BCUT2D eigenvalue weighted by Crippen LogP contribution is -2.46. The Labute approximate surface area is 155 Å². The van der Waals surface area contributed by atoms with Crippen LogP contribution in [0, 0.1) is 0 Å². The Morgan fingerprint density at radius 1 is 1.00 bits per heavy atom. The molecule has 5 N–H and O–H groups in total. The van der Waals surface area contributed by atoms with Crippen LogP contribution < -0.4 is 16.0 Å². The first-order chi connectivity index (χ1) is 12.9. The summed E-state index contributed by atoms with van der Waals surface area (Å²) in [7, 11) is 0. The summed E-state index contributed by atoms with van der Waals surface area (Å²) in [6.07, 6.45) is 4.37. The van der Waals surface area contributed by atoms with Crippen molar-refractivity contribution in [3.05, 3.63) is 24.0 Å². The molecule has 27 heavy (non-hydrogen) atoms. The van der Waals surface area contributed by atoms with Crippen LogP contribution in [-0.2, 0) is 9.59 Å². The zero-order valence-electron chi connectivity index (χ0n) is 14.7. The molecule has 11 heteroatoms. The predicted octanol–water partition coefficient (Wildman–Crippen LogP) is -0.00610. The van der Waals surface area contributed by atoms with E-state index < -0.39 is 24.0 Å². The smallest absolute Gasteiger partial charge is 0.326 e. The number of carbonyl (C=O) groups excluding carboxylic acids is 2. The van der Waals surface area contributed by atoms with E-state index in [-0.39, 0.29) is 18.7 Å². The van der Waals surface area contributed by atoms with E-state index in [0.717, 1.165) is 6.42 Å². The number of carboxylic acids is 2. The number of amides is 3. The van der Waals surface area contributed by atoms with Crippen molar-refractivity contribution in [3.8, 4) is 0 Å². The minimum Gasteiger partial charge on any atom is -0.481 e. The van der Waals surface area contributed by atoms with Gasteiger partial charge in [0, 0.05) is 19.5 Å². The van der Waals surface area contributed by atoms with Crippen LogP contribution in [0.15, 0.2) is 18.5 Å². The minimum absolute atomic E-state index is 0.190. The zero-order valence-corrected chi connectivity index (χ0v) is 14.7. The maximum Gasteiger partial charge on any atom is 0.326 e. The molecule has 0 fully saturated rings. The maximum absolute atomic E-state index is 11.7. The summed E-state index contributed by atoms with van der Waals surface area (Å²) in [4.78, 5) is 44.8. The quantitative estimate of drug-likeness (QED) is 0.315. The van der Waals surface area contributed by atoms with E-state index in [9.17, 15) is 19.2 Å². The standard InChI is InChI=1S/C16H23N5O6/c22-13(23)5-4-12(15(25)26)21-16(27)18-8-3-1-2-7-17-14(24)11-6-9-19-20-10-11/h6,9-10,12H,1-5,7-8H2,(H,17,24)(H,22,23)(H,25,26)(H2,18,21,27)/t12-/m0/s1. The van der Waals surface area contributed by atoms with Crippen LogP contribution in [0.2, 0.25) is 0 Å². The number of aliphatic carboxylic acids is 2. The first-order valence-electron chi connectivity index (χ1n) is 8.44. The van der Waals surface area contributed by atoms with E-state index in [0.29, 0.717) is 31.5 Å². The molecule has 3 amide bonds. The van der Waals surface area contributed by atoms with E-state index in [1.807, 2.05) is 0 Å². The molecule has 0 unspecified atom stereocenters. The second-order valence-corrected chi connectivity index (χ2v) is 5.67. The van der Waals surface area contributed by atoms with Crippen LogP contribution in [0.5, 0.6) is 0 Å². The Morgan fingerprint density at radius 3 is 2.30 bits per heavy atom. The first kappa shape index (κ1) is 21.8. The van der Waals surface area contributed by atoms with E-state index in [4.69, 9.17) is 10.2 Å². The normalized spacial score (nSPS) is 11.3. The maximum atomic E-state index is 11.7. The van der Waals surface area contributed by atoms with Gasteiger partial charge in [0.15, 0.2) is 0 Å². The fraction of sp³-hybridized carbons (Fsp3) is 0.500. The molecule has 1 atom stereocenters. The molecule has 0 bridgehead atoms. The van der Waals surface area contributed by atoms with Gasteiger partial charge in [-0.25, -0.2) is 9.59 Å². The molecule has 0 saturated carbocycles. The third kappa shape index (κ3) is 9.72. The SMILES string of the molecule is O=C(O)CC[C@H](NC(=O)NCCCCCNC(=O)c1ccnnc1)C(=O)O.